The summed E-state index contributed by atoms with van der Waals surface area (Å²) in [5.41, 5.74) is 3.33. The Morgan fingerprint density at radius 3 is 2.31 bits per heavy atom. The van der Waals surface area contributed by atoms with Gasteiger partial charge in [-0.1, -0.05) is 63.2 Å². The zero-order valence-electron chi connectivity index (χ0n) is 24.3. The first-order valence-electron chi connectivity index (χ1n) is 14.3. The number of aliphatic imine (C=N–C) groups is 1. The molecule has 0 bridgehead atoms. The van der Waals surface area contributed by atoms with Crippen LogP contribution in [0.25, 0.3) is 0 Å². The summed E-state index contributed by atoms with van der Waals surface area (Å²) in [6.07, 6.45) is 3.23. The summed E-state index contributed by atoms with van der Waals surface area (Å²) in [6.45, 7) is 6.52. The number of carbonyl (C=O) groups excluding carboxylic acids is 1. The lowest BCUT2D eigenvalue weighted by atomic mass is 9.74. The van der Waals surface area contributed by atoms with Crippen molar-refractivity contribution in [3.8, 4) is 6.19 Å². The molecule has 2 unspecified atom stereocenters. The lowest BCUT2D eigenvalue weighted by Crippen LogP contribution is -2.50. The summed E-state index contributed by atoms with van der Waals surface area (Å²) in [5, 5.41) is 27.0. The van der Waals surface area contributed by atoms with E-state index in [1.165, 1.54) is 17.7 Å². The monoisotopic (exact) mass is 572 g/mol. The minimum Gasteiger partial charge on any atom is -0.391 e. The number of anilines is 1. The van der Waals surface area contributed by atoms with Crippen LogP contribution in [0.4, 0.5) is 14.5 Å². The van der Waals surface area contributed by atoms with E-state index < -0.39 is 35.1 Å². The van der Waals surface area contributed by atoms with E-state index in [9.17, 15) is 18.7 Å². The first-order chi connectivity index (χ1) is 20.0. The average Bonchev–Trinajstić information content (AvgIpc) is 2.95. The van der Waals surface area contributed by atoms with E-state index in [2.05, 4.69) is 54.6 Å². The van der Waals surface area contributed by atoms with Crippen molar-refractivity contribution < 1.29 is 18.7 Å². The van der Waals surface area contributed by atoms with Crippen LogP contribution < -0.4 is 10.6 Å². The fraction of sp³-hybridized carbons (Fsp3) is 0.382. The number of benzene rings is 3. The van der Waals surface area contributed by atoms with Crippen molar-refractivity contribution in [1.82, 2.24) is 5.32 Å². The van der Waals surface area contributed by atoms with Crippen LogP contribution in [0.15, 0.2) is 77.8 Å². The molecule has 0 aromatic heterocycles. The predicted octanol–water partition coefficient (Wildman–Crippen LogP) is 6.40. The van der Waals surface area contributed by atoms with Gasteiger partial charge in [0, 0.05) is 29.5 Å². The standard InChI is InChI=1S/C34H38F2N4O2/c1-33(2,3)24-8-7-9-25(19-24)34(14-12-28(13-15-34)38-22-37)39-21-31(41)30(18-23-16-26(35)20-27(36)17-23)32(42)40-29-10-5-4-6-11-29/h4-11,16-17,19-20,30-31,39,41H,12-15,18,21H2,1-3H3,(H,40,42). The number of hydrogen-bond donors (Lipinski definition) is 3. The molecule has 1 saturated carbocycles. The molecule has 1 fully saturated rings. The second-order valence-corrected chi connectivity index (χ2v) is 12.1. The molecule has 0 radical (unpaired) electrons. The highest BCUT2D eigenvalue weighted by Gasteiger charge is 2.38. The number of aliphatic hydroxyl groups is 1. The molecule has 3 aromatic carbocycles. The molecular weight excluding hydrogens is 534 g/mol. The minimum atomic E-state index is -1.17. The number of hydrogen-bond acceptors (Lipinski definition) is 5. The zero-order chi connectivity index (χ0) is 30.3. The molecule has 3 N–H and O–H groups in total. The summed E-state index contributed by atoms with van der Waals surface area (Å²) < 4.78 is 28.0. The first kappa shape index (κ1) is 31.0. The Kier molecular flexibility index (Phi) is 9.87. The van der Waals surface area contributed by atoms with Gasteiger partial charge in [-0.3, -0.25) is 4.79 Å². The molecule has 1 aliphatic carbocycles. The number of amides is 1. The average molecular weight is 573 g/mol. The maximum Gasteiger partial charge on any atom is 0.230 e. The van der Waals surface area contributed by atoms with Gasteiger partial charge in [0.05, 0.1) is 12.0 Å². The van der Waals surface area contributed by atoms with Gasteiger partial charge >= 0.3 is 0 Å². The second-order valence-electron chi connectivity index (χ2n) is 12.1. The van der Waals surface area contributed by atoms with Gasteiger partial charge in [-0.2, -0.15) is 10.3 Å². The Balaban J connectivity index is 1.62. The molecule has 0 saturated heterocycles. The van der Waals surface area contributed by atoms with Crippen LogP contribution in [-0.2, 0) is 22.2 Å². The maximum atomic E-state index is 14.0. The van der Waals surface area contributed by atoms with Gasteiger partial charge in [0.1, 0.15) is 11.6 Å². The van der Waals surface area contributed by atoms with Crippen molar-refractivity contribution in [3.05, 3.63) is 101 Å². The lowest BCUT2D eigenvalue weighted by molar-refractivity contribution is -0.123. The zero-order valence-corrected chi connectivity index (χ0v) is 24.3. The summed E-state index contributed by atoms with van der Waals surface area (Å²) in [6, 6.07) is 20.4. The Hall–Kier alpha value is -3.93. The molecule has 0 heterocycles. The fourth-order valence-corrected chi connectivity index (χ4v) is 5.58. The number of aliphatic hydroxyl groups excluding tert-OH is 1. The highest BCUT2D eigenvalue weighted by molar-refractivity contribution is 5.93. The Bertz CT molecular complexity index is 1430. The number of rotatable bonds is 9. The van der Waals surface area contributed by atoms with Crippen LogP contribution in [0.3, 0.4) is 0 Å². The smallest absolute Gasteiger partial charge is 0.230 e. The van der Waals surface area contributed by atoms with E-state index in [1.54, 1.807) is 24.3 Å². The SMILES string of the molecule is CC(C)(C)c1cccc(C2(NCC(O)C(Cc3cc(F)cc(F)c3)C(=O)Nc3ccccc3)CCC(=NC#N)CC2)c1. The number of nitrogens with zero attached hydrogens (tertiary/aromatic N) is 2. The Morgan fingerprint density at radius 1 is 1.02 bits per heavy atom. The topological polar surface area (TPSA) is 97.5 Å². The fourth-order valence-electron chi connectivity index (χ4n) is 5.58. The molecule has 8 heteroatoms. The van der Waals surface area contributed by atoms with Crippen LogP contribution >= 0.6 is 0 Å². The molecule has 6 nitrogen and oxygen atoms in total. The third kappa shape index (κ3) is 7.87. The maximum absolute atomic E-state index is 14.0. The molecule has 1 aliphatic rings. The summed E-state index contributed by atoms with van der Waals surface area (Å²) in [4.78, 5) is 17.4. The molecular formula is C34H38F2N4O2. The summed E-state index contributed by atoms with van der Waals surface area (Å²) in [5.74, 6) is -2.92. The highest BCUT2D eigenvalue weighted by atomic mass is 19.1. The first-order valence-corrected chi connectivity index (χ1v) is 14.3. The van der Waals surface area contributed by atoms with Gasteiger partial charge in [0.15, 0.2) is 0 Å². The van der Waals surface area contributed by atoms with Crippen molar-refractivity contribution in [2.75, 3.05) is 11.9 Å². The number of nitrogens with one attached hydrogen (secondary N) is 2. The van der Waals surface area contributed by atoms with Crippen molar-refractivity contribution in [2.45, 2.75) is 69.9 Å². The van der Waals surface area contributed by atoms with Gasteiger partial charge in [-0.25, -0.2) is 8.78 Å². The lowest BCUT2D eigenvalue weighted by Gasteiger charge is -2.41. The Morgan fingerprint density at radius 2 is 1.69 bits per heavy atom. The van der Waals surface area contributed by atoms with E-state index in [1.807, 2.05) is 18.3 Å². The molecule has 3 aromatic rings. The van der Waals surface area contributed by atoms with Gasteiger partial charge < -0.3 is 15.7 Å². The normalized spacial score (nSPS) is 18.5. The number of halogens is 2. The molecule has 4 rings (SSSR count). The van der Waals surface area contributed by atoms with E-state index in [-0.39, 0.29) is 23.9 Å². The number of nitriles is 1. The summed E-state index contributed by atoms with van der Waals surface area (Å²) in [7, 11) is 0. The molecule has 220 valence electrons. The van der Waals surface area contributed by atoms with Crippen LogP contribution in [0.5, 0.6) is 0 Å². The van der Waals surface area contributed by atoms with Crippen LogP contribution in [-0.4, -0.2) is 29.4 Å². The predicted molar refractivity (Wildman–Crippen MR) is 161 cm³/mol. The number of carbonyl (C=O) groups is 1. The largest absolute Gasteiger partial charge is 0.391 e. The van der Waals surface area contributed by atoms with E-state index in [0.29, 0.717) is 31.4 Å². The van der Waals surface area contributed by atoms with Gasteiger partial charge in [0.2, 0.25) is 12.1 Å². The van der Waals surface area contributed by atoms with E-state index >= 15 is 0 Å². The summed E-state index contributed by atoms with van der Waals surface area (Å²) >= 11 is 0. The molecule has 0 spiro atoms. The van der Waals surface area contributed by atoms with Crippen molar-refractivity contribution in [3.63, 3.8) is 0 Å². The third-order valence-electron chi connectivity index (χ3n) is 8.04. The van der Waals surface area contributed by atoms with Gasteiger partial charge in [-0.15, -0.1) is 0 Å². The quantitative estimate of drug-likeness (QED) is 0.259. The van der Waals surface area contributed by atoms with Crippen molar-refractivity contribution in [1.29, 1.82) is 5.26 Å². The van der Waals surface area contributed by atoms with Crippen molar-refractivity contribution >= 4 is 17.3 Å². The minimum absolute atomic E-state index is 0.0539. The van der Waals surface area contributed by atoms with Gasteiger partial charge in [-0.05, 0) is 78.5 Å². The van der Waals surface area contributed by atoms with Crippen LogP contribution in [0.2, 0.25) is 0 Å². The van der Waals surface area contributed by atoms with Gasteiger partial charge in [0.25, 0.3) is 0 Å². The second kappa shape index (κ2) is 13.4. The molecule has 2 atom stereocenters. The molecule has 42 heavy (non-hydrogen) atoms. The third-order valence-corrected chi connectivity index (χ3v) is 8.04. The molecule has 1 amide bonds. The molecule has 0 aliphatic heterocycles. The number of para-hydroxylation sites is 1. The van der Waals surface area contributed by atoms with Crippen molar-refractivity contribution in [2.24, 2.45) is 10.9 Å². The van der Waals surface area contributed by atoms with Crippen LogP contribution in [0.1, 0.15) is 63.1 Å². The Labute approximate surface area is 246 Å². The van der Waals surface area contributed by atoms with E-state index in [0.717, 1.165) is 17.3 Å². The van der Waals surface area contributed by atoms with E-state index in [4.69, 9.17) is 5.26 Å². The highest BCUT2D eigenvalue weighted by Crippen LogP contribution is 2.38. The van der Waals surface area contributed by atoms with Crippen LogP contribution in [0, 0.1) is 29.0 Å².